The van der Waals surface area contributed by atoms with E-state index in [0.29, 0.717) is 11.7 Å². The first-order valence-electron chi connectivity index (χ1n) is 5.73. The molecule has 0 heterocycles. The first-order chi connectivity index (χ1) is 7.77. The molecule has 16 heavy (non-hydrogen) atoms. The molecule has 0 spiro atoms. The molecule has 1 saturated carbocycles. The first-order valence-corrected chi connectivity index (χ1v) is 5.73. The number of hydrogen-bond acceptors (Lipinski definition) is 2. The fraction of sp³-hybridized carbons (Fsp3) is 0.286. The predicted octanol–water partition coefficient (Wildman–Crippen LogP) is 2.96. The Morgan fingerprint density at radius 3 is 2.62 bits per heavy atom. The van der Waals surface area contributed by atoms with Gasteiger partial charge in [0.25, 0.3) is 0 Å². The minimum absolute atomic E-state index is 0.0221. The number of benzene rings is 2. The lowest BCUT2D eigenvalue weighted by atomic mass is 9.95. The zero-order chi connectivity index (χ0) is 11.1. The van der Waals surface area contributed by atoms with E-state index in [4.69, 9.17) is 5.73 Å². The van der Waals surface area contributed by atoms with Gasteiger partial charge in [-0.25, -0.2) is 0 Å². The smallest absolute Gasteiger partial charge is 0.120 e. The van der Waals surface area contributed by atoms with Crippen LogP contribution < -0.4 is 5.73 Å². The highest BCUT2D eigenvalue weighted by molar-refractivity contribution is 5.88. The van der Waals surface area contributed by atoms with Crippen molar-refractivity contribution in [1.82, 2.24) is 0 Å². The average molecular weight is 213 g/mol. The molecule has 2 heteroatoms. The normalized spacial score (nSPS) is 17.6. The van der Waals surface area contributed by atoms with E-state index in [1.807, 2.05) is 24.3 Å². The molecule has 0 saturated heterocycles. The van der Waals surface area contributed by atoms with Crippen molar-refractivity contribution in [2.75, 3.05) is 0 Å². The maximum Gasteiger partial charge on any atom is 0.120 e. The number of phenolic OH excluding ortho intramolecular Hbond substituents is 1. The Labute approximate surface area is 94.7 Å². The average Bonchev–Trinajstić information content (AvgIpc) is 3.12. The minimum Gasteiger partial charge on any atom is -0.508 e. The summed E-state index contributed by atoms with van der Waals surface area (Å²) in [5, 5.41) is 12.2. The van der Waals surface area contributed by atoms with Crippen LogP contribution in [-0.4, -0.2) is 5.11 Å². The number of rotatable bonds is 2. The first kappa shape index (κ1) is 9.67. The third kappa shape index (κ3) is 1.46. The SMILES string of the molecule is N[C@H](c1c(O)ccc2ccccc12)C1CC1. The van der Waals surface area contributed by atoms with Crippen molar-refractivity contribution in [2.45, 2.75) is 18.9 Å². The van der Waals surface area contributed by atoms with Gasteiger partial charge in [0, 0.05) is 11.6 Å². The van der Waals surface area contributed by atoms with Crippen molar-refractivity contribution in [3.8, 4) is 5.75 Å². The Morgan fingerprint density at radius 2 is 1.88 bits per heavy atom. The molecule has 0 amide bonds. The largest absolute Gasteiger partial charge is 0.508 e. The molecule has 3 N–H and O–H groups in total. The zero-order valence-corrected chi connectivity index (χ0v) is 9.06. The number of hydrogen-bond donors (Lipinski definition) is 2. The molecule has 1 aliphatic rings. The monoisotopic (exact) mass is 213 g/mol. The van der Waals surface area contributed by atoms with E-state index >= 15 is 0 Å². The molecule has 1 aliphatic carbocycles. The van der Waals surface area contributed by atoms with E-state index in [2.05, 4.69) is 6.07 Å². The van der Waals surface area contributed by atoms with E-state index in [1.54, 1.807) is 6.07 Å². The second-order valence-corrected chi connectivity index (χ2v) is 4.58. The van der Waals surface area contributed by atoms with E-state index < -0.39 is 0 Å². The molecular formula is C14H15NO. The Balaban J connectivity index is 2.23. The van der Waals surface area contributed by atoms with Crippen LogP contribution in [0.15, 0.2) is 36.4 Å². The van der Waals surface area contributed by atoms with Crippen molar-refractivity contribution in [1.29, 1.82) is 0 Å². The van der Waals surface area contributed by atoms with Crippen LogP contribution in [0, 0.1) is 5.92 Å². The summed E-state index contributed by atoms with van der Waals surface area (Å²) < 4.78 is 0. The number of aromatic hydroxyl groups is 1. The van der Waals surface area contributed by atoms with Crippen molar-refractivity contribution in [3.63, 3.8) is 0 Å². The molecule has 2 aromatic carbocycles. The maximum absolute atomic E-state index is 9.98. The highest BCUT2D eigenvalue weighted by atomic mass is 16.3. The van der Waals surface area contributed by atoms with Crippen LogP contribution in [0.3, 0.4) is 0 Å². The topological polar surface area (TPSA) is 46.2 Å². The van der Waals surface area contributed by atoms with Crippen LogP contribution >= 0.6 is 0 Å². The summed E-state index contributed by atoms with van der Waals surface area (Å²) in [4.78, 5) is 0. The van der Waals surface area contributed by atoms with Gasteiger partial charge in [-0.05, 0) is 35.6 Å². The van der Waals surface area contributed by atoms with Crippen molar-refractivity contribution >= 4 is 10.8 Å². The molecule has 0 bridgehead atoms. The maximum atomic E-state index is 9.98. The van der Waals surface area contributed by atoms with Crippen molar-refractivity contribution in [3.05, 3.63) is 42.0 Å². The molecule has 0 aliphatic heterocycles. The third-order valence-corrected chi connectivity index (χ3v) is 3.41. The van der Waals surface area contributed by atoms with Crippen LogP contribution in [-0.2, 0) is 0 Å². The van der Waals surface area contributed by atoms with Gasteiger partial charge < -0.3 is 10.8 Å². The van der Waals surface area contributed by atoms with Gasteiger partial charge in [0.05, 0.1) is 0 Å². The molecule has 2 nitrogen and oxygen atoms in total. The van der Waals surface area contributed by atoms with Crippen LogP contribution in [0.2, 0.25) is 0 Å². The summed E-state index contributed by atoms with van der Waals surface area (Å²) in [5.41, 5.74) is 7.12. The molecule has 2 aromatic rings. The van der Waals surface area contributed by atoms with Gasteiger partial charge in [0.2, 0.25) is 0 Å². The van der Waals surface area contributed by atoms with Gasteiger partial charge in [0.1, 0.15) is 5.75 Å². The molecule has 82 valence electrons. The molecule has 1 atom stereocenters. The minimum atomic E-state index is -0.0221. The molecule has 0 unspecified atom stereocenters. The summed E-state index contributed by atoms with van der Waals surface area (Å²) in [6.45, 7) is 0. The predicted molar refractivity (Wildman–Crippen MR) is 65.3 cm³/mol. The highest BCUT2D eigenvalue weighted by Crippen LogP contribution is 2.44. The van der Waals surface area contributed by atoms with Crippen LogP contribution in [0.25, 0.3) is 10.8 Å². The van der Waals surface area contributed by atoms with E-state index in [-0.39, 0.29) is 6.04 Å². The molecule has 0 radical (unpaired) electrons. The Hall–Kier alpha value is -1.54. The number of fused-ring (bicyclic) bond motifs is 1. The standard InChI is InChI=1S/C14H15NO/c15-14(10-5-6-10)13-11-4-2-1-3-9(11)7-8-12(13)16/h1-4,7-8,10,14,16H,5-6,15H2/t14-/m0/s1. The summed E-state index contributed by atoms with van der Waals surface area (Å²) in [6, 6.07) is 11.8. The Morgan fingerprint density at radius 1 is 1.12 bits per heavy atom. The molecular weight excluding hydrogens is 198 g/mol. The number of nitrogens with two attached hydrogens (primary N) is 1. The number of phenols is 1. The zero-order valence-electron chi connectivity index (χ0n) is 9.06. The van der Waals surface area contributed by atoms with Crippen LogP contribution in [0.1, 0.15) is 24.4 Å². The van der Waals surface area contributed by atoms with E-state index in [9.17, 15) is 5.11 Å². The summed E-state index contributed by atoms with van der Waals surface area (Å²) in [6.07, 6.45) is 2.37. The van der Waals surface area contributed by atoms with Gasteiger partial charge in [0.15, 0.2) is 0 Å². The van der Waals surface area contributed by atoms with Gasteiger partial charge in [-0.1, -0.05) is 30.3 Å². The van der Waals surface area contributed by atoms with Gasteiger partial charge in [-0.15, -0.1) is 0 Å². The van der Waals surface area contributed by atoms with Crippen LogP contribution in [0.5, 0.6) is 5.75 Å². The third-order valence-electron chi connectivity index (χ3n) is 3.41. The van der Waals surface area contributed by atoms with Gasteiger partial charge in [-0.3, -0.25) is 0 Å². The Kier molecular flexibility index (Phi) is 2.11. The van der Waals surface area contributed by atoms with Crippen LogP contribution in [0.4, 0.5) is 0 Å². The van der Waals surface area contributed by atoms with Crippen molar-refractivity contribution < 1.29 is 5.11 Å². The lowest BCUT2D eigenvalue weighted by molar-refractivity contribution is 0.458. The lowest BCUT2D eigenvalue weighted by Gasteiger charge is -2.15. The molecule has 3 rings (SSSR count). The second kappa shape index (κ2) is 3.49. The molecule has 1 fully saturated rings. The fourth-order valence-corrected chi connectivity index (χ4v) is 2.33. The quantitative estimate of drug-likeness (QED) is 0.805. The second-order valence-electron chi connectivity index (χ2n) is 4.58. The van der Waals surface area contributed by atoms with Gasteiger partial charge in [-0.2, -0.15) is 0 Å². The fourth-order valence-electron chi connectivity index (χ4n) is 2.33. The Bertz CT molecular complexity index is 531. The summed E-state index contributed by atoms with van der Waals surface area (Å²) in [7, 11) is 0. The molecule has 0 aromatic heterocycles. The lowest BCUT2D eigenvalue weighted by Crippen LogP contribution is -2.13. The van der Waals surface area contributed by atoms with E-state index in [0.717, 1.165) is 16.3 Å². The summed E-state index contributed by atoms with van der Waals surface area (Å²) in [5.74, 6) is 0.884. The highest BCUT2D eigenvalue weighted by Gasteiger charge is 2.31. The van der Waals surface area contributed by atoms with Crippen molar-refractivity contribution in [2.24, 2.45) is 11.7 Å². The van der Waals surface area contributed by atoms with E-state index in [1.165, 1.54) is 12.8 Å². The summed E-state index contributed by atoms with van der Waals surface area (Å²) >= 11 is 0. The van der Waals surface area contributed by atoms with Gasteiger partial charge >= 0.3 is 0 Å².